The molecule has 1 rings (SSSR count). The molecule has 3 heteroatoms. The van der Waals surface area contributed by atoms with E-state index in [-0.39, 0.29) is 11.9 Å². The van der Waals surface area contributed by atoms with E-state index in [1.807, 2.05) is 31.2 Å². The Labute approximate surface area is 109 Å². The summed E-state index contributed by atoms with van der Waals surface area (Å²) in [7, 11) is 0. The van der Waals surface area contributed by atoms with Crippen LogP contribution in [-0.4, -0.2) is 11.9 Å². The van der Waals surface area contributed by atoms with Crippen LogP contribution in [0.5, 0.6) is 0 Å². The van der Waals surface area contributed by atoms with Crippen LogP contribution in [0.25, 0.3) is 0 Å². The molecule has 0 aliphatic carbocycles. The molecule has 1 amide bonds. The van der Waals surface area contributed by atoms with Gasteiger partial charge in [-0.15, -0.1) is 6.42 Å². The van der Waals surface area contributed by atoms with Gasteiger partial charge in [-0.05, 0) is 30.5 Å². The van der Waals surface area contributed by atoms with E-state index in [1.54, 1.807) is 0 Å². The van der Waals surface area contributed by atoms with Crippen molar-refractivity contribution in [2.75, 3.05) is 5.73 Å². The minimum atomic E-state index is -0.150. The number of hydrogen-bond donors (Lipinski definition) is 2. The van der Waals surface area contributed by atoms with Crippen LogP contribution < -0.4 is 11.1 Å². The average molecular weight is 244 g/mol. The first-order chi connectivity index (χ1) is 8.65. The van der Waals surface area contributed by atoms with Gasteiger partial charge in [-0.3, -0.25) is 4.79 Å². The number of rotatable bonds is 6. The molecular formula is C15H20N2O. The summed E-state index contributed by atoms with van der Waals surface area (Å²) < 4.78 is 0. The molecule has 0 spiro atoms. The highest BCUT2D eigenvalue weighted by atomic mass is 16.1. The van der Waals surface area contributed by atoms with Crippen LogP contribution in [0.1, 0.15) is 31.7 Å². The van der Waals surface area contributed by atoms with Gasteiger partial charge >= 0.3 is 0 Å². The van der Waals surface area contributed by atoms with Gasteiger partial charge in [0.15, 0.2) is 0 Å². The van der Waals surface area contributed by atoms with Gasteiger partial charge in [0.1, 0.15) is 0 Å². The zero-order valence-corrected chi connectivity index (χ0v) is 10.8. The molecule has 0 heterocycles. The van der Waals surface area contributed by atoms with Crippen LogP contribution in [-0.2, 0) is 11.2 Å². The Morgan fingerprint density at radius 3 is 2.94 bits per heavy atom. The maximum absolute atomic E-state index is 11.7. The lowest BCUT2D eigenvalue weighted by atomic mass is 10.1. The van der Waals surface area contributed by atoms with E-state index < -0.39 is 0 Å². The fraction of sp³-hybridized carbons (Fsp3) is 0.400. The number of nitrogens with one attached hydrogen (secondary N) is 1. The molecule has 0 bridgehead atoms. The highest BCUT2D eigenvalue weighted by Gasteiger charge is 2.08. The second-order valence-electron chi connectivity index (χ2n) is 4.32. The summed E-state index contributed by atoms with van der Waals surface area (Å²) >= 11 is 0. The van der Waals surface area contributed by atoms with Gasteiger partial charge in [-0.2, -0.15) is 0 Å². The Hall–Kier alpha value is -1.95. The molecule has 3 N–H and O–H groups in total. The first-order valence-corrected chi connectivity index (χ1v) is 6.25. The molecule has 1 aromatic carbocycles. The van der Waals surface area contributed by atoms with E-state index in [9.17, 15) is 4.79 Å². The molecular weight excluding hydrogens is 224 g/mol. The van der Waals surface area contributed by atoms with Gasteiger partial charge in [-0.25, -0.2) is 0 Å². The Bertz CT molecular complexity index is 434. The summed E-state index contributed by atoms with van der Waals surface area (Å²) in [6.45, 7) is 2.04. The molecule has 1 atom stereocenters. The molecule has 1 aromatic rings. The number of benzene rings is 1. The van der Waals surface area contributed by atoms with Crippen molar-refractivity contribution in [2.24, 2.45) is 0 Å². The lowest BCUT2D eigenvalue weighted by molar-refractivity contribution is -0.121. The number of amides is 1. The molecule has 0 saturated carbocycles. The fourth-order valence-corrected chi connectivity index (χ4v) is 1.76. The maximum atomic E-state index is 11.7. The van der Waals surface area contributed by atoms with Crippen molar-refractivity contribution < 1.29 is 4.79 Å². The molecule has 1 unspecified atom stereocenters. The Morgan fingerprint density at radius 1 is 1.56 bits per heavy atom. The van der Waals surface area contributed by atoms with Crippen molar-refractivity contribution in [1.82, 2.24) is 5.32 Å². The zero-order chi connectivity index (χ0) is 13.4. The van der Waals surface area contributed by atoms with Crippen molar-refractivity contribution in [1.29, 1.82) is 0 Å². The monoisotopic (exact) mass is 244 g/mol. The first kappa shape index (κ1) is 14.1. The van der Waals surface area contributed by atoms with E-state index in [4.69, 9.17) is 12.2 Å². The number of anilines is 1. The second kappa shape index (κ2) is 7.39. The minimum absolute atomic E-state index is 0.00572. The van der Waals surface area contributed by atoms with Crippen LogP contribution in [0.3, 0.4) is 0 Å². The van der Waals surface area contributed by atoms with Crippen molar-refractivity contribution in [3.63, 3.8) is 0 Å². The number of nitrogen functional groups attached to an aromatic ring is 1. The lowest BCUT2D eigenvalue weighted by Crippen LogP contribution is -2.33. The molecule has 0 aromatic heterocycles. The number of terminal acetylenes is 1. The SMILES string of the molecule is C#CC(CCC)NC(=O)CCc1cccc(N)c1. The number of nitrogens with two attached hydrogens (primary N) is 1. The minimum Gasteiger partial charge on any atom is -0.399 e. The smallest absolute Gasteiger partial charge is 0.221 e. The van der Waals surface area contributed by atoms with Gasteiger partial charge in [-0.1, -0.05) is 31.4 Å². The summed E-state index contributed by atoms with van der Waals surface area (Å²) in [5.74, 6) is 2.58. The third kappa shape index (κ3) is 4.92. The van der Waals surface area contributed by atoms with Crippen LogP contribution in [0.2, 0.25) is 0 Å². The normalized spacial score (nSPS) is 11.6. The zero-order valence-electron chi connectivity index (χ0n) is 10.8. The van der Waals surface area contributed by atoms with Gasteiger partial charge in [0.25, 0.3) is 0 Å². The average Bonchev–Trinajstić information content (AvgIpc) is 2.36. The Kier molecular flexibility index (Phi) is 5.79. The Morgan fingerprint density at radius 2 is 2.33 bits per heavy atom. The summed E-state index contributed by atoms with van der Waals surface area (Å²) in [5.41, 5.74) is 7.47. The second-order valence-corrected chi connectivity index (χ2v) is 4.32. The quantitative estimate of drug-likeness (QED) is 0.595. The summed E-state index contributed by atoms with van der Waals surface area (Å²) in [4.78, 5) is 11.7. The highest BCUT2D eigenvalue weighted by Crippen LogP contribution is 2.08. The largest absolute Gasteiger partial charge is 0.399 e. The molecule has 0 fully saturated rings. The summed E-state index contributed by atoms with van der Waals surface area (Å²) in [6, 6.07) is 7.43. The Balaban J connectivity index is 2.39. The predicted octanol–water partition coefficient (Wildman–Crippen LogP) is 2.12. The van der Waals surface area contributed by atoms with Gasteiger partial charge in [0.05, 0.1) is 6.04 Å². The van der Waals surface area contributed by atoms with Crippen LogP contribution in [0, 0.1) is 12.3 Å². The van der Waals surface area contributed by atoms with E-state index >= 15 is 0 Å². The molecule has 18 heavy (non-hydrogen) atoms. The van der Waals surface area contributed by atoms with Gasteiger partial charge in [0.2, 0.25) is 5.91 Å². The number of carbonyl (C=O) groups excluding carboxylic acids is 1. The number of aryl methyl sites for hydroxylation is 1. The molecule has 0 aliphatic rings. The molecule has 3 nitrogen and oxygen atoms in total. The van der Waals surface area contributed by atoms with Gasteiger partial charge < -0.3 is 11.1 Å². The maximum Gasteiger partial charge on any atom is 0.221 e. The first-order valence-electron chi connectivity index (χ1n) is 6.25. The highest BCUT2D eigenvalue weighted by molar-refractivity contribution is 5.77. The number of hydrogen-bond acceptors (Lipinski definition) is 2. The van der Waals surface area contributed by atoms with Crippen molar-refractivity contribution in [3.05, 3.63) is 29.8 Å². The number of carbonyl (C=O) groups is 1. The van der Waals surface area contributed by atoms with Crippen LogP contribution >= 0.6 is 0 Å². The third-order valence-electron chi connectivity index (χ3n) is 2.71. The van der Waals surface area contributed by atoms with E-state index in [0.717, 1.165) is 24.1 Å². The third-order valence-corrected chi connectivity index (χ3v) is 2.71. The summed E-state index contributed by atoms with van der Waals surface area (Å²) in [6.07, 6.45) is 8.25. The topological polar surface area (TPSA) is 55.1 Å². The molecule has 96 valence electrons. The van der Waals surface area contributed by atoms with Gasteiger partial charge in [0, 0.05) is 12.1 Å². The van der Waals surface area contributed by atoms with E-state index in [0.29, 0.717) is 12.8 Å². The molecule has 0 aliphatic heterocycles. The van der Waals surface area contributed by atoms with Crippen molar-refractivity contribution in [3.8, 4) is 12.3 Å². The molecule has 0 radical (unpaired) electrons. The van der Waals surface area contributed by atoms with E-state index in [1.165, 1.54) is 0 Å². The standard InChI is InChI=1S/C15H20N2O/c1-3-6-14(4-2)17-15(18)10-9-12-7-5-8-13(16)11-12/h2,5,7-8,11,14H,3,6,9-10,16H2,1H3,(H,17,18). The lowest BCUT2D eigenvalue weighted by Gasteiger charge is -2.11. The van der Waals surface area contributed by atoms with Crippen molar-refractivity contribution >= 4 is 11.6 Å². The fourth-order valence-electron chi connectivity index (χ4n) is 1.76. The predicted molar refractivity (Wildman–Crippen MR) is 74.8 cm³/mol. The van der Waals surface area contributed by atoms with Crippen LogP contribution in [0.15, 0.2) is 24.3 Å². The summed E-state index contributed by atoms with van der Waals surface area (Å²) in [5, 5.41) is 2.85. The van der Waals surface area contributed by atoms with E-state index in [2.05, 4.69) is 11.2 Å². The van der Waals surface area contributed by atoms with Crippen LogP contribution in [0.4, 0.5) is 5.69 Å². The molecule has 0 saturated heterocycles. The van der Waals surface area contributed by atoms with Crippen molar-refractivity contribution in [2.45, 2.75) is 38.6 Å².